The first-order chi connectivity index (χ1) is 17.2. The number of aryl methyl sites for hydroxylation is 1. The number of carbonyl (C=O) groups excluding carboxylic acids is 3. The third-order valence-corrected chi connectivity index (χ3v) is 6.48. The van der Waals surface area contributed by atoms with Gasteiger partial charge in [-0.25, -0.2) is 9.37 Å². The van der Waals surface area contributed by atoms with Crippen LogP contribution in [0, 0.1) is 12.7 Å². The van der Waals surface area contributed by atoms with E-state index in [0.717, 1.165) is 5.56 Å². The minimum absolute atomic E-state index is 0.0680. The van der Waals surface area contributed by atoms with Gasteiger partial charge in [-0.3, -0.25) is 14.4 Å². The van der Waals surface area contributed by atoms with Gasteiger partial charge in [-0.2, -0.15) is 0 Å². The number of nitrogens with two attached hydrogens (primary N) is 1. The second-order valence-electron chi connectivity index (χ2n) is 8.88. The Kier molecular flexibility index (Phi) is 5.79. The van der Waals surface area contributed by atoms with Crippen LogP contribution in [0.25, 0.3) is 22.4 Å². The van der Waals surface area contributed by atoms with E-state index in [0.29, 0.717) is 29.0 Å². The maximum Gasteiger partial charge on any atom is 0.290 e. The number of halogens is 1. The molecule has 0 spiro atoms. The molecule has 0 radical (unpaired) electrons. The highest BCUT2D eigenvalue weighted by atomic mass is 19.1. The first-order valence-corrected chi connectivity index (χ1v) is 11.5. The topological polar surface area (TPSA) is 126 Å². The number of fused-ring (bicyclic) bond motifs is 1. The molecule has 4 aromatic rings. The van der Waals surface area contributed by atoms with Crippen LogP contribution in [-0.4, -0.2) is 63.2 Å². The summed E-state index contributed by atoms with van der Waals surface area (Å²) >= 11 is 0. The molecule has 1 atom stereocenters. The molecule has 1 fully saturated rings. The van der Waals surface area contributed by atoms with E-state index in [-0.39, 0.29) is 41.9 Å². The predicted molar refractivity (Wildman–Crippen MR) is 130 cm³/mol. The fraction of sp³-hybridized carbons (Fsp3) is 0.231. The molecule has 2 aromatic carbocycles. The highest BCUT2D eigenvalue weighted by molar-refractivity contribution is 6.04. The summed E-state index contributed by atoms with van der Waals surface area (Å²) in [6, 6.07) is 10.7. The minimum Gasteiger partial charge on any atom is -0.459 e. The molecule has 1 aliphatic rings. The quantitative estimate of drug-likeness (QED) is 0.455. The number of hydrogen-bond donors (Lipinski definition) is 2. The highest BCUT2D eigenvalue weighted by Crippen LogP contribution is 2.26. The molecular formula is C26H24FN5O4. The van der Waals surface area contributed by atoms with Crippen molar-refractivity contribution in [1.29, 1.82) is 0 Å². The Morgan fingerprint density at radius 2 is 1.92 bits per heavy atom. The summed E-state index contributed by atoms with van der Waals surface area (Å²) in [5.74, 6) is -1.33. The van der Waals surface area contributed by atoms with Gasteiger partial charge in [-0.05, 0) is 44.2 Å². The van der Waals surface area contributed by atoms with Crippen molar-refractivity contribution in [2.75, 3.05) is 19.6 Å². The minimum atomic E-state index is -0.689. The van der Waals surface area contributed by atoms with Gasteiger partial charge in [0.05, 0.1) is 22.9 Å². The predicted octanol–water partition coefficient (Wildman–Crippen LogP) is 3.36. The number of hydrogen-bond acceptors (Lipinski definition) is 5. The van der Waals surface area contributed by atoms with Crippen LogP contribution in [0.5, 0.6) is 0 Å². The summed E-state index contributed by atoms with van der Waals surface area (Å²) in [7, 11) is 0. The Hall–Kier alpha value is -4.47. The smallest absolute Gasteiger partial charge is 0.290 e. The monoisotopic (exact) mass is 489 g/mol. The lowest BCUT2D eigenvalue weighted by Crippen LogP contribution is -2.55. The van der Waals surface area contributed by atoms with Gasteiger partial charge in [-0.1, -0.05) is 12.1 Å². The van der Waals surface area contributed by atoms with Gasteiger partial charge in [0.15, 0.2) is 5.76 Å². The van der Waals surface area contributed by atoms with Crippen LogP contribution in [0.1, 0.15) is 43.8 Å². The fourth-order valence-corrected chi connectivity index (χ4v) is 4.54. The molecule has 1 aliphatic heterocycles. The Balaban J connectivity index is 1.34. The zero-order valence-electron chi connectivity index (χ0n) is 19.7. The fourth-order valence-electron chi connectivity index (χ4n) is 4.54. The lowest BCUT2D eigenvalue weighted by molar-refractivity contribution is 0.0392. The molecule has 3 N–H and O–H groups in total. The van der Waals surface area contributed by atoms with E-state index in [1.807, 2.05) is 6.92 Å². The molecule has 10 heteroatoms. The molecule has 184 valence electrons. The maximum atomic E-state index is 15.1. The second-order valence-corrected chi connectivity index (χ2v) is 8.88. The average molecular weight is 490 g/mol. The van der Waals surface area contributed by atoms with Gasteiger partial charge in [0.1, 0.15) is 17.2 Å². The van der Waals surface area contributed by atoms with Gasteiger partial charge < -0.3 is 24.9 Å². The maximum absolute atomic E-state index is 15.1. The number of para-hydroxylation sites is 1. The number of piperazine rings is 1. The van der Waals surface area contributed by atoms with Crippen LogP contribution in [0.4, 0.5) is 4.39 Å². The number of nitrogens with zero attached hydrogens (tertiary/aromatic N) is 3. The van der Waals surface area contributed by atoms with Crippen molar-refractivity contribution in [3.63, 3.8) is 0 Å². The first kappa shape index (κ1) is 23.3. The zero-order valence-corrected chi connectivity index (χ0v) is 19.7. The molecule has 1 unspecified atom stereocenters. The van der Waals surface area contributed by atoms with Crippen molar-refractivity contribution in [2.45, 2.75) is 19.9 Å². The van der Waals surface area contributed by atoms with Gasteiger partial charge in [0.2, 0.25) is 0 Å². The van der Waals surface area contributed by atoms with E-state index < -0.39 is 17.6 Å². The number of H-pyrrole nitrogens is 1. The zero-order chi connectivity index (χ0) is 25.6. The Labute approximate surface area is 205 Å². The van der Waals surface area contributed by atoms with Crippen LogP contribution in [0.3, 0.4) is 0 Å². The van der Waals surface area contributed by atoms with Gasteiger partial charge >= 0.3 is 0 Å². The summed E-state index contributed by atoms with van der Waals surface area (Å²) in [5.41, 5.74) is 7.78. The van der Waals surface area contributed by atoms with Crippen molar-refractivity contribution >= 4 is 28.8 Å². The summed E-state index contributed by atoms with van der Waals surface area (Å²) in [4.78, 5) is 48.3. The van der Waals surface area contributed by atoms with Crippen LogP contribution in [-0.2, 0) is 0 Å². The van der Waals surface area contributed by atoms with E-state index in [4.69, 9.17) is 10.2 Å². The van der Waals surface area contributed by atoms with E-state index in [9.17, 15) is 14.4 Å². The molecule has 5 rings (SSSR count). The average Bonchev–Trinajstić information content (AvgIpc) is 3.49. The molecule has 1 saturated heterocycles. The summed E-state index contributed by atoms with van der Waals surface area (Å²) in [5, 5.41) is 0. The molecule has 0 aliphatic carbocycles. The van der Waals surface area contributed by atoms with Crippen LogP contribution in [0.2, 0.25) is 0 Å². The number of aromatic nitrogens is 2. The van der Waals surface area contributed by atoms with Crippen molar-refractivity contribution in [1.82, 2.24) is 19.8 Å². The van der Waals surface area contributed by atoms with Crippen molar-refractivity contribution in [2.24, 2.45) is 5.73 Å². The summed E-state index contributed by atoms with van der Waals surface area (Å²) in [6.07, 6.45) is 1.47. The van der Waals surface area contributed by atoms with E-state index in [2.05, 4.69) is 9.97 Å². The van der Waals surface area contributed by atoms with Crippen LogP contribution < -0.4 is 5.73 Å². The normalized spacial score (nSPS) is 15.9. The number of benzene rings is 2. The van der Waals surface area contributed by atoms with Gasteiger partial charge in [0.25, 0.3) is 17.7 Å². The summed E-state index contributed by atoms with van der Waals surface area (Å²) < 4.78 is 20.4. The largest absolute Gasteiger partial charge is 0.459 e. The highest BCUT2D eigenvalue weighted by Gasteiger charge is 2.33. The number of carbonyl (C=O) groups is 3. The third kappa shape index (κ3) is 4.00. The summed E-state index contributed by atoms with van der Waals surface area (Å²) in [6.45, 7) is 4.50. The molecule has 2 aromatic heterocycles. The second kappa shape index (κ2) is 8.95. The molecule has 3 amide bonds. The van der Waals surface area contributed by atoms with Crippen molar-refractivity contribution in [3.05, 3.63) is 77.0 Å². The van der Waals surface area contributed by atoms with Crippen LogP contribution >= 0.6 is 0 Å². The number of imidazole rings is 1. The Morgan fingerprint density at radius 3 is 2.58 bits per heavy atom. The third-order valence-electron chi connectivity index (χ3n) is 6.48. The number of primary amides is 1. The molecule has 0 saturated carbocycles. The molecule has 3 heterocycles. The van der Waals surface area contributed by atoms with Crippen molar-refractivity contribution < 1.29 is 23.2 Å². The number of nitrogens with one attached hydrogen (secondary N) is 1. The lowest BCUT2D eigenvalue weighted by atomic mass is 10.1. The van der Waals surface area contributed by atoms with E-state index in [1.165, 1.54) is 18.4 Å². The van der Waals surface area contributed by atoms with Gasteiger partial charge in [-0.15, -0.1) is 0 Å². The first-order valence-electron chi connectivity index (χ1n) is 11.5. The van der Waals surface area contributed by atoms with E-state index >= 15 is 4.39 Å². The Morgan fingerprint density at radius 1 is 1.11 bits per heavy atom. The number of rotatable bonds is 4. The Bertz CT molecular complexity index is 1510. The molecule has 9 nitrogen and oxygen atoms in total. The number of amides is 3. The molecule has 0 bridgehead atoms. The van der Waals surface area contributed by atoms with Crippen LogP contribution in [0.15, 0.2) is 53.1 Å². The van der Waals surface area contributed by atoms with Crippen molar-refractivity contribution in [3.8, 4) is 11.4 Å². The number of furan rings is 1. The van der Waals surface area contributed by atoms with Gasteiger partial charge in [0, 0.05) is 36.8 Å². The lowest BCUT2D eigenvalue weighted by Gasteiger charge is -2.39. The van der Waals surface area contributed by atoms with E-state index in [1.54, 1.807) is 47.1 Å². The molecular weight excluding hydrogens is 465 g/mol. The standard InChI is InChI=1S/C26H24FN5O4/c1-14-8-11-36-22(14)26(35)32-10-9-31(13-15(32)2)25(34)17-7-6-16(12-19(17)27)24-29-20-5-3-4-18(23(28)33)21(20)30-24/h3-8,11-12,15H,9-10,13H2,1-2H3,(H2,28,33)(H,29,30). The molecule has 36 heavy (non-hydrogen) atoms. The number of aromatic amines is 1. The SMILES string of the molecule is Cc1ccoc1C(=O)N1CCN(C(=O)c2ccc(-c3nc4c(C(N)=O)cccc4[nH]3)cc2F)CC1C.